The van der Waals surface area contributed by atoms with Crippen molar-refractivity contribution in [2.24, 2.45) is 0 Å². The molecule has 0 fully saturated rings. The molecule has 140 valence electrons. The summed E-state index contributed by atoms with van der Waals surface area (Å²) in [6.07, 6.45) is 0.513. The number of aryl methyl sites for hydroxylation is 1. The van der Waals surface area contributed by atoms with Gasteiger partial charge in [-0.15, -0.1) is 0 Å². The fourth-order valence-electron chi connectivity index (χ4n) is 2.53. The number of carbonyl (C=O) groups is 1. The molecule has 8 heteroatoms. The maximum Gasteiger partial charge on any atom is 0.251 e. The molecule has 0 unspecified atom stereocenters. The summed E-state index contributed by atoms with van der Waals surface area (Å²) in [7, 11) is 0. The fraction of sp³-hybridized carbons (Fsp3) is 0.316. The molecule has 0 bridgehead atoms. The number of benzene rings is 1. The Bertz CT molecular complexity index is 913. The summed E-state index contributed by atoms with van der Waals surface area (Å²) in [5.41, 5.74) is 8.65. The first-order chi connectivity index (χ1) is 12.9. The number of nitrogens with zero attached hydrogens (tertiary/aromatic N) is 4. The summed E-state index contributed by atoms with van der Waals surface area (Å²) in [5.74, 6) is 1.45. The number of nitrogens with one attached hydrogen (secondary N) is 1. The molecule has 8 nitrogen and oxygen atoms in total. The van der Waals surface area contributed by atoms with Crippen LogP contribution in [0.2, 0.25) is 0 Å². The van der Waals surface area contributed by atoms with Gasteiger partial charge in [-0.1, -0.05) is 31.1 Å². The fourth-order valence-corrected chi connectivity index (χ4v) is 2.53. The summed E-state index contributed by atoms with van der Waals surface area (Å²) in [6, 6.07) is 9.03. The summed E-state index contributed by atoms with van der Waals surface area (Å²) in [4.78, 5) is 24.9. The van der Waals surface area contributed by atoms with Gasteiger partial charge < -0.3 is 15.6 Å². The highest BCUT2D eigenvalue weighted by Crippen LogP contribution is 2.19. The summed E-state index contributed by atoms with van der Waals surface area (Å²) in [6.45, 7) is 6.26. The van der Waals surface area contributed by atoms with E-state index in [4.69, 9.17) is 10.3 Å². The van der Waals surface area contributed by atoms with Crippen LogP contribution in [0.5, 0.6) is 0 Å². The lowest BCUT2D eigenvalue weighted by molar-refractivity contribution is 0.0954. The van der Waals surface area contributed by atoms with Gasteiger partial charge >= 0.3 is 0 Å². The van der Waals surface area contributed by atoms with Gasteiger partial charge in [-0.2, -0.15) is 4.98 Å². The maximum atomic E-state index is 12.3. The van der Waals surface area contributed by atoms with Crippen molar-refractivity contribution in [3.63, 3.8) is 0 Å². The number of aromatic nitrogens is 4. The highest BCUT2D eigenvalue weighted by Gasteiger charge is 2.11. The third-order valence-corrected chi connectivity index (χ3v) is 3.93. The highest BCUT2D eigenvalue weighted by atomic mass is 16.5. The molecule has 0 saturated carbocycles. The van der Waals surface area contributed by atoms with E-state index in [0.717, 1.165) is 17.0 Å². The molecule has 0 saturated heterocycles. The maximum absolute atomic E-state index is 12.3. The van der Waals surface area contributed by atoms with E-state index in [9.17, 15) is 4.79 Å². The summed E-state index contributed by atoms with van der Waals surface area (Å²) in [5, 5.41) is 6.76. The van der Waals surface area contributed by atoms with Crippen molar-refractivity contribution in [2.75, 3.05) is 12.3 Å². The molecule has 0 aliphatic carbocycles. The Morgan fingerprint density at radius 2 is 1.93 bits per heavy atom. The number of anilines is 1. The van der Waals surface area contributed by atoms with Crippen LogP contribution in [0.25, 0.3) is 11.3 Å². The van der Waals surface area contributed by atoms with Gasteiger partial charge in [0.05, 0.1) is 5.69 Å². The monoisotopic (exact) mass is 366 g/mol. The van der Waals surface area contributed by atoms with Crippen LogP contribution in [0, 0.1) is 6.92 Å². The summed E-state index contributed by atoms with van der Waals surface area (Å²) < 4.78 is 5.15. The van der Waals surface area contributed by atoms with Gasteiger partial charge in [0.2, 0.25) is 11.8 Å². The van der Waals surface area contributed by atoms with Gasteiger partial charge in [0, 0.05) is 35.7 Å². The molecule has 0 aliphatic heterocycles. The zero-order chi connectivity index (χ0) is 19.4. The molecule has 2 aromatic heterocycles. The Morgan fingerprint density at radius 1 is 1.19 bits per heavy atom. The van der Waals surface area contributed by atoms with E-state index in [2.05, 4.69) is 25.4 Å². The lowest BCUT2D eigenvalue weighted by atomic mass is 10.1. The number of hydrogen-bond acceptors (Lipinski definition) is 7. The number of carbonyl (C=O) groups excluding carboxylic acids is 1. The minimum absolute atomic E-state index is 0.160. The van der Waals surface area contributed by atoms with Gasteiger partial charge in [-0.05, 0) is 25.1 Å². The van der Waals surface area contributed by atoms with Crippen molar-refractivity contribution in [3.05, 3.63) is 53.3 Å². The smallest absolute Gasteiger partial charge is 0.251 e. The third kappa shape index (κ3) is 4.66. The van der Waals surface area contributed by atoms with Crippen molar-refractivity contribution in [3.8, 4) is 11.3 Å². The van der Waals surface area contributed by atoms with Crippen molar-refractivity contribution in [1.29, 1.82) is 0 Å². The van der Waals surface area contributed by atoms with E-state index in [1.807, 2.05) is 39.0 Å². The van der Waals surface area contributed by atoms with E-state index in [-0.39, 0.29) is 17.8 Å². The molecule has 3 aromatic rings. The van der Waals surface area contributed by atoms with Crippen molar-refractivity contribution in [2.45, 2.75) is 33.1 Å². The minimum atomic E-state index is -0.160. The number of nitrogens with two attached hydrogens (primary N) is 1. The van der Waals surface area contributed by atoms with Crippen LogP contribution in [0.3, 0.4) is 0 Å². The number of nitrogen functional groups attached to an aromatic ring is 1. The van der Waals surface area contributed by atoms with Gasteiger partial charge in [-0.3, -0.25) is 4.79 Å². The average molecular weight is 366 g/mol. The number of amides is 1. The van der Waals surface area contributed by atoms with Crippen LogP contribution in [-0.2, 0) is 6.42 Å². The van der Waals surface area contributed by atoms with E-state index in [0.29, 0.717) is 30.2 Å². The Morgan fingerprint density at radius 3 is 2.56 bits per heavy atom. The van der Waals surface area contributed by atoms with Crippen LogP contribution in [0.15, 0.2) is 34.9 Å². The first-order valence-electron chi connectivity index (χ1n) is 8.74. The lowest BCUT2D eigenvalue weighted by Crippen LogP contribution is -2.25. The Labute approximate surface area is 157 Å². The molecular formula is C19H22N6O2. The van der Waals surface area contributed by atoms with Crippen LogP contribution in [0.1, 0.15) is 47.5 Å². The van der Waals surface area contributed by atoms with Gasteiger partial charge in [-0.25, -0.2) is 9.97 Å². The van der Waals surface area contributed by atoms with Crippen molar-refractivity contribution in [1.82, 2.24) is 25.4 Å². The second kappa shape index (κ2) is 7.94. The second-order valence-electron chi connectivity index (χ2n) is 6.54. The van der Waals surface area contributed by atoms with E-state index in [1.165, 1.54) is 0 Å². The molecule has 3 rings (SSSR count). The molecule has 0 spiro atoms. The quantitative estimate of drug-likeness (QED) is 0.687. The zero-order valence-corrected chi connectivity index (χ0v) is 15.6. The first-order valence-corrected chi connectivity index (χ1v) is 8.74. The Kier molecular flexibility index (Phi) is 5.44. The van der Waals surface area contributed by atoms with Gasteiger partial charge in [0.1, 0.15) is 0 Å². The Balaban J connectivity index is 1.58. The molecular weight excluding hydrogens is 344 g/mol. The van der Waals surface area contributed by atoms with Crippen molar-refractivity contribution >= 4 is 11.9 Å². The number of rotatable bonds is 6. The molecule has 1 aromatic carbocycles. The molecule has 3 N–H and O–H groups in total. The largest absolute Gasteiger partial charge is 0.368 e. The topological polar surface area (TPSA) is 120 Å². The second-order valence-corrected chi connectivity index (χ2v) is 6.54. The third-order valence-electron chi connectivity index (χ3n) is 3.93. The van der Waals surface area contributed by atoms with Crippen LogP contribution < -0.4 is 11.1 Å². The molecule has 2 heterocycles. The van der Waals surface area contributed by atoms with Crippen LogP contribution in [0.4, 0.5) is 5.95 Å². The predicted molar refractivity (Wildman–Crippen MR) is 101 cm³/mol. The van der Waals surface area contributed by atoms with E-state index in [1.54, 1.807) is 12.1 Å². The average Bonchev–Trinajstić information content (AvgIpc) is 3.10. The minimum Gasteiger partial charge on any atom is -0.368 e. The highest BCUT2D eigenvalue weighted by molar-refractivity contribution is 5.94. The molecule has 0 aliphatic rings. The van der Waals surface area contributed by atoms with E-state index >= 15 is 0 Å². The first kappa shape index (κ1) is 18.5. The van der Waals surface area contributed by atoms with E-state index < -0.39 is 0 Å². The lowest BCUT2D eigenvalue weighted by Gasteiger charge is -2.06. The van der Waals surface area contributed by atoms with Gasteiger partial charge in [0.25, 0.3) is 5.91 Å². The molecule has 0 radical (unpaired) electrons. The predicted octanol–water partition coefficient (Wildman–Crippen LogP) is 2.51. The standard InChI is InChI=1S/C19H22N6O2/c1-11(2)18-24-16(25-27-18)8-9-21-17(26)14-6-4-13(5-7-14)15-10-12(3)22-19(20)23-15/h4-7,10-11H,8-9H2,1-3H3,(H,21,26)(H2,20,22,23). The molecule has 1 amide bonds. The SMILES string of the molecule is Cc1cc(-c2ccc(C(=O)NCCc3noc(C(C)C)n3)cc2)nc(N)n1. The van der Waals surface area contributed by atoms with Gasteiger partial charge in [0.15, 0.2) is 5.82 Å². The normalized spacial score (nSPS) is 11.0. The van der Waals surface area contributed by atoms with Crippen molar-refractivity contribution < 1.29 is 9.32 Å². The molecule has 0 atom stereocenters. The Hall–Kier alpha value is -3.29. The summed E-state index contributed by atoms with van der Waals surface area (Å²) >= 11 is 0. The van der Waals surface area contributed by atoms with Crippen LogP contribution in [-0.4, -0.2) is 32.6 Å². The van der Waals surface area contributed by atoms with Crippen LogP contribution >= 0.6 is 0 Å². The zero-order valence-electron chi connectivity index (χ0n) is 15.6. The number of hydrogen-bond donors (Lipinski definition) is 2. The molecule has 27 heavy (non-hydrogen) atoms.